The van der Waals surface area contributed by atoms with E-state index in [9.17, 15) is 9.90 Å². The molecule has 94 valence electrons. The van der Waals surface area contributed by atoms with Gasteiger partial charge in [0.25, 0.3) is 5.91 Å². The molecule has 1 unspecified atom stereocenters. The van der Waals surface area contributed by atoms with E-state index in [-0.39, 0.29) is 5.56 Å². The monoisotopic (exact) mass is 238 g/mol. The molecule has 0 saturated heterocycles. The normalized spacial score (nSPS) is 13.2. The quantitative estimate of drug-likeness (QED) is 0.603. The molecular weight excluding hydrogens is 220 g/mol. The molecule has 1 atom stereocenters. The van der Waals surface area contributed by atoms with Crippen LogP contribution in [0.25, 0.3) is 0 Å². The van der Waals surface area contributed by atoms with Crippen molar-refractivity contribution in [2.24, 2.45) is 5.73 Å². The summed E-state index contributed by atoms with van der Waals surface area (Å²) in [6.07, 6.45) is 0.801. The van der Waals surface area contributed by atoms with E-state index in [0.717, 1.165) is 0 Å². The van der Waals surface area contributed by atoms with Crippen molar-refractivity contribution in [1.82, 2.24) is 4.98 Å². The van der Waals surface area contributed by atoms with Gasteiger partial charge in [0.15, 0.2) is 0 Å². The predicted octanol–water partition coefficient (Wildman–Crippen LogP) is 0.334. The molecule has 0 aliphatic heterocycles. The minimum Gasteiger partial charge on any atom is -0.397 e. The summed E-state index contributed by atoms with van der Waals surface area (Å²) in [6, 6.07) is 1.45. The number of nitrogen functional groups attached to an aromatic ring is 1. The first-order valence-corrected chi connectivity index (χ1v) is 5.25. The van der Waals surface area contributed by atoms with Gasteiger partial charge in [-0.1, -0.05) is 0 Å². The Balaban J connectivity index is 3.11. The van der Waals surface area contributed by atoms with Gasteiger partial charge in [-0.05, 0) is 26.8 Å². The maximum absolute atomic E-state index is 11.3. The van der Waals surface area contributed by atoms with E-state index in [2.05, 4.69) is 10.3 Å². The van der Waals surface area contributed by atoms with Crippen molar-refractivity contribution in [1.29, 1.82) is 0 Å². The Hall–Kier alpha value is -1.82. The molecule has 0 radical (unpaired) electrons. The minimum absolute atomic E-state index is 0.207. The fourth-order valence-corrected chi connectivity index (χ4v) is 1.18. The van der Waals surface area contributed by atoms with Gasteiger partial charge in [-0.3, -0.25) is 4.79 Å². The molecule has 0 fully saturated rings. The number of aliphatic hydroxyl groups excluding tert-OH is 1. The van der Waals surface area contributed by atoms with Crippen molar-refractivity contribution >= 4 is 17.4 Å². The molecule has 17 heavy (non-hydrogen) atoms. The Labute approximate surface area is 100 Å². The Morgan fingerprint density at radius 1 is 1.59 bits per heavy atom. The zero-order valence-corrected chi connectivity index (χ0v) is 10.2. The van der Waals surface area contributed by atoms with Crippen LogP contribution in [0.15, 0.2) is 12.3 Å². The number of carbonyl (C=O) groups excluding carboxylic acids is 1. The number of hydrogen-bond donors (Lipinski definition) is 4. The molecule has 1 heterocycles. The van der Waals surface area contributed by atoms with E-state index in [1.54, 1.807) is 20.8 Å². The van der Waals surface area contributed by atoms with E-state index in [1.807, 2.05) is 0 Å². The number of aromatic nitrogens is 1. The second-order valence-electron chi connectivity index (χ2n) is 4.55. The summed E-state index contributed by atoms with van der Waals surface area (Å²) in [5.41, 5.74) is 10.7. The van der Waals surface area contributed by atoms with Crippen LogP contribution in [-0.2, 0) is 0 Å². The van der Waals surface area contributed by atoms with Crippen LogP contribution in [0.1, 0.15) is 31.1 Å². The number of aliphatic hydroxyl groups is 1. The van der Waals surface area contributed by atoms with Gasteiger partial charge in [0.05, 0.1) is 29.1 Å². The van der Waals surface area contributed by atoms with Crippen LogP contribution in [0.4, 0.5) is 11.5 Å². The zero-order valence-electron chi connectivity index (χ0n) is 10.2. The first kappa shape index (κ1) is 13.2. The third-order valence-electron chi connectivity index (χ3n) is 2.66. The van der Waals surface area contributed by atoms with Crippen molar-refractivity contribution in [3.8, 4) is 0 Å². The number of anilines is 2. The molecule has 0 aliphatic carbocycles. The Bertz CT molecular complexity index is 429. The fraction of sp³-hybridized carbons (Fsp3) is 0.455. The van der Waals surface area contributed by atoms with Gasteiger partial charge in [-0.2, -0.15) is 0 Å². The molecule has 0 aromatic carbocycles. The summed E-state index contributed by atoms with van der Waals surface area (Å²) in [6.45, 7) is 5.23. The second-order valence-corrected chi connectivity index (χ2v) is 4.55. The van der Waals surface area contributed by atoms with Gasteiger partial charge in [0.1, 0.15) is 5.82 Å². The number of pyridine rings is 1. The molecule has 6 N–H and O–H groups in total. The van der Waals surface area contributed by atoms with E-state index < -0.39 is 17.6 Å². The first-order valence-electron chi connectivity index (χ1n) is 5.25. The molecule has 0 saturated carbocycles. The molecule has 6 nitrogen and oxygen atoms in total. The average Bonchev–Trinajstić information content (AvgIpc) is 2.19. The fourth-order valence-electron chi connectivity index (χ4n) is 1.18. The lowest BCUT2D eigenvalue weighted by molar-refractivity contribution is 0.0999. The summed E-state index contributed by atoms with van der Waals surface area (Å²) in [5, 5.41) is 12.6. The molecule has 1 aromatic rings. The highest BCUT2D eigenvalue weighted by atomic mass is 16.3. The SMILES string of the molecule is CC(O)C(C)(C)Nc1ncc(N)cc1C(N)=O. The number of nitrogens with one attached hydrogen (secondary N) is 1. The number of nitrogens with zero attached hydrogens (tertiary/aromatic N) is 1. The van der Waals surface area contributed by atoms with E-state index >= 15 is 0 Å². The summed E-state index contributed by atoms with van der Waals surface area (Å²) in [7, 11) is 0. The van der Waals surface area contributed by atoms with Crippen molar-refractivity contribution in [2.75, 3.05) is 11.1 Å². The molecule has 0 bridgehead atoms. The number of nitrogens with two attached hydrogens (primary N) is 2. The maximum Gasteiger partial charge on any atom is 0.252 e. The van der Waals surface area contributed by atoms with Crippen LogP contribution in [-0.4, -0.2) is 27.6 Å². The van der Waals surface area contributed by atoms with E-state index in [4.69, 9.17) is 11.5 Å². The largest absolute Gasteiger partial charge is 0.397 e. The average molecular weight is 238 g/mol. The summed E-state index contributed by atoms with van der Waals surface area (Å²) in [5.74, 6) is -0.300. The van der Waals surface area contributed by atoms with Crippen molar-refractivity contribution in [3.63, 3.8) is 0 Å². The van der Waals surface area contributed by atoms with E-state index in [0.29, 0.717) is 11.5 Å². The van der Waals surface area contributed by atoms with Gasteiger partial charge in [-0.25, -0.2) is 4.98 Å². The number of rotatable bonds is 4. The summed E-state index contributed by atoms with van der Waals surface area (Å²) >= 11 is 0. The van der Waals surface area contributed by atoms with Gasteiger partial charge in [-0.15, -0.1) is 0 Å². The molecule has 6 heteroatoms. The van der Waals surface area contributed by atoms with Gasteiger partial charge in [0.2, 0.25) is 0 Å². The van der Waals surface area contributed by atoms with Gasteiger partial charge >= 0.3 is 0 Å². The highest BCUT2D eigenvalue weighted by molar-refractivity contribution is 5.98. The molecule has 0 spiro atoms. The topological polar surface area (TPSA) is 114 Å². The minimum atomic E-state index is -0.632. The van der Waals surface area contributed by atoms with Crippen LogP contribution < -0.4 is 16.8 Å². The van der Waals surface area contributed by atoms with Crippen molar-refractivity contribution in [3.05, 3.63) is 17.8 Å². The van der Waals surface area contributed by atoms with Crippen LogP contribution in [0.3, 0.4) is 0 Å². The third kappa shape index (κ3) is 3.07. The standard InChI is InChI=1S/C11H18N4O2/c1-6(16)11(2,3)15-10-8(9(13)17)4-7(12)5-14-10/h4-6,16H,12H2,1-3H3,(H2,13,17)(H,14,15). The molecular formula is C11H18N4O2. The number of hydrogen-bond acceptors (Lipinski definition) is 5. The Morgan fingerprint density at radius 3 is 2.65 bits per heavy atom. The highest BCUT2D eigenvalue weighted by Crippen LogP contribution is 2.21. The van der Waals surface area contributed by atoms with E-state index in [1.165, 1.54) is 12.3 Å². The number of amides is 1. The maximum atomic E-state index is 11.3. The first-order chi connectivity index (χ1) is 7.74. The summed E-state index contributed by atoms with van der Waals surface area (Å²) in [4.78, 5) is 15.3. The van der Waals surface area contributed by atoms with Crippen molar-refractivity contribution < 1.29 is 9.90 Å². The molecule has 1 rings (SSSR count). The van der Waals surface area contributed by atoms with Crippen LogP contribution in [0, 0.1) is 0 Å². The van der Waals surface area contributed by atoms with Crippen molar-refractivity contribution in [2.45, 2.75) is 32.4 Å². The molecule has 0 aliphatic rings. The lowest BCUT2D eigenvalue weighted by Gasteiger charge is -2.30. The lowest BCUT2D eigenvalue weighted by Crippen LogP contribution is -2.42. The molecule has 1 aromatic heterocycles. The Morgan fingerprint density at radius 2 is 2.18 bits per heavy atom. The van der Waals surface area contributed by atoms with Gasteiger partial charge < -0.3 is 21.9 Å². The second kappa shape index (κ2) is 4.58. The summed E-state index contributed by atoms with van der Waals surface area (Å²) < 4.78 is 0. The van der Waals surface area contributed by atoms with Crippen LogP contribution in [0.2, 0.25) is 0 Å². The Kier molecular flexibility index (Phi) is 3.57. The van der Waals surface area contributed by atoms with Crippen LogP contribution in [0.5, 0.6) is 0 Å². The van der Waals surface area contributed by atoms with Crippen LogP contribution >= 0.6 is 0 Å². The number of primary amides is 1. The van der Waals surface area contributed by atoms with Gasteiger partial charge in [0, 0.05) is 0 Å². The molecule has 1 amide bonds. The zero-order chi connectivity index (χ0) is 13.2. The highest BCUT2D eigenvalue weighted by Gasteiger charge is 2.26. The number of carbonyl (C=O) groups is 1. The lowest BCUT2D eigenvalue weighted by atomic mass is 9.98. The third-order valence-corrected chi connectivity index (χ3v) is 2.66. The predicted molar refractivity (Wildman–Crippen MR) is 66.5 cm³/mol. The smallest absolute Gasteiger partial charge is 0.252 e.